The monoisotopic (exact) mass is 387 g/mol. The van der Waals surface area contributed by atoms with E-state index in [1.165, 1.54) is 0 Å². The Labute approximate surface area is 163 Å². The summed E-state index contributed by atoms with van der Waals surface area (Å²) in [6.07, 6.45) is 0. The van der Waals surface area contributed by atoms with E-state index in [0.29, 0.717) is 29.4 Å². The number of anilines is 1. The van der Waals surface area contributed by atoms with Gasteiger partial charge < -0.3 is 15.2 Å². The number of hydrogen-bond donors (Lipinski definition) is 2. The molecule has 0 spiro atoms. The minimum absolute atomic E-state index is 0.00467. The van der Waals surface area contributed by atoms with Gasteiger partial charge in [-0.3, -0.25) is 0 Å². The summed E-state index contributed by atoms with van der Waals surface area (Å²) in [4.78, 5) is 0. The average Bonchev–Trinajstić information content (AvgIpc) is 2.67. The fourth-order valence-electron chi connectivity index (χ4n) is 2.52. The van der Waals surface area contributed by atoms with Crippen LogP contribution in [0.4, 0.5) is 5.69 Å². The van der Waals surface area contributed by atoms with Crippen LogP contribution in [0.3, 0.4) is 0 Å². The van der Waals surface area contributed by atoms with Gasteiger partial charge in [-0.25, -0.2) is 0 Å². The Kier molecular flexibility index (Phi) is 5.92. The molecule has 0 saturated heterocycles. The Bertz CT molecular complexity index is 898. The predicted molar refractivity (Wildman–Crippen MR) is 107 cm³/mol. The number of benzene rings is 3. The van der Waals surface area contributed by atoms with Gasteiger partial charge in [-0.05, 0) is 41.8 Å². The summed E-state index contributed by atoms with van der Waals surface area (Å²) in [5.74, 6) is 0.794. The van der Waals surface area contributed by atoms with Crippen LogP contribution in [0.2, 0.25) is 10.0 Å². The minimum atomic E-state index is 0.00467. The van der Waals surface area contributed by atoms with Crippen LogP contribution in [0.15, 0.2) is 60.7 Å². The van der Waals surface area contributed by atoms with Crippen LogP contribution in [0.25, 0.3) is 0 Å². The maximum Gasteiger partial charge on any atom is 0.157 e. The van der Waals surface area contributed by atoms with Gasteiger partial charge >= 0.3 is 0 Å². The number of ether oxygens (including phenoxy) is 1. The van der Waals surface area contributed by atoms with E-state index in [2.05, 4.69) is 5.32 Å². The fraction of sp³-hybridized carbons (Fsp3) is 0.143. The van der Waals surface area contributed by atoms with Gasteiger partial charge in [0.25, 0.3) is 0 Å². The fourth-order valence-corrected chi connectivity index (χ4v) is 2.98. The summed E-state index contributed by atoms with van der Waals surface area (Å²) < 4.78 is 5.84. The Morgan fingerprint density at radius 3 is 2.46 bits per heavy atom. The smallest absolute Gasteiger partial charge is 0.157 e. The molecule has 3 aromatic rings. The molecular formula is C21H19Cl2NO2. The molecular weight excluding hydrogens is 369 g/mol. The van der Waals surface area contributed by atoms with E-state index in [1.807, 2.05) is 54.6 Å². The molecule has 0 aliphatic carbocycles. The van der Waals surface area contributed by atoms with E-state index in [0.717, 1.165) is 16.9 Å². The Morgan fingerprint density at radius 2 is 1.69 bits per heavy atom. The van der Waals surface area contributed by atoms with E-state index in [9.17, 15) is 5.11 Å². The molecule has 0 heterocycles. The summed E-state index contributed by atoms with van der Waals surface area (Å²) in [7, 11) is 0. The van der Waals surface area contributed by atoms with Crippen molar-refractivity contribution in [2.45, 2.75) is 20.1 Å². The van der Waals surface area contributed by atoms with Crippen molar-refractivity contribution in [2.24, 2.45) is 0 Å². The van der Waals surface area contributed by atoms with E-state index >= 15 is 0 Å². The molecule has 0 aromatic heterocycles. The van der Waals surface area contributed by atoms with E-state index in [1.54, 1.807) is 13.0 Å². The molecule has 3 aromatic carbocycles. The number of phenols is 1. The Hall–Kier alpha value is -2.36. The van der Waals surface area contributed by atoms with Gasteiger partial charge in [0.2, 0.25) is 0 Å². The van der Waals surface area contributed by atoms with Gasteiger partial charge in [0.05, 0.1) is 10.7 Å². The zero-order chi connectivity index (χ0) is 18.5. The largest absolute Gasteiger partial charge is 0.504 e. The highest BCUT2D eigenvalue weighted by molar-refractivity contribution is 6.37. The Balaban J connectivity index is 1.66. The normalized spacial score (nSPS) is 10.6. The van der Waals surface area contributed by atoms with Crippen molar-refractivity contribution in [3.63, 3.8) is 0 Å². The molecule has 2 N–H and O–H groups in total. The number of aromatic hydroxyl groups is 1. The molecule has 0 aliphatic rings. The molecule has 5 heteroatoms. The zero-order valence-electron chi connectivity index (χ0n) is 14.3. The van der Waals surface area contributed by atoms with Gasteiger partial charge in [-0.15, -0.1) is 0 Å². The predicted octanol–water partition coefficient (Wildman–Crippen LogP) is 6.20. The van der Waals surface area contributed by atoms with E-state index in [4.69, 9.17) is 27.9 Å². The van der Waals surface area contributed by atoms with Gasteiger partial charge in [0.15, 0.2) is 5.75 Å². The molecule has 0 bridgehead atoms. The average molecular weight is 388 g/mol. The molecule has 0 fully saturated rings. The van der Waals surface area contributed by atoms with Gasteiger partial charge in [-0.1, -0.05) is 65.7 Å². The molecule has 3 rings (SSSR count). The molecule has 0 unspecified atom stereocenters. The second-order valence-electron chi connectivity index (χ2n) is 5.97. The first kappa shape index (κ1) is 18.4. The second kappa shape index (κ2) is 8.35. The number of hydrogen-bond acceptors (Lipinski definition) is 3. The minimum Gasteiger partial charge on any atom is -0.504 e. The van der Waals surface area contributed by atoms with Crippen molar-refractivity contribution in [3.8, 4) is 11.5 Å². The maximum absolute atomic E-state index is 10.2. The second-order valence-corrected chi connectivity index (χ2v) is 6.75. The lowest BCUT2D eigenvalue weighted by molar-refractivity contribution is 0.306. The molecule has 0 saturated carbocycles. The number of rotatable bonds is 6. The van der Waals surface area contributed by atoms with Gasteiger partial charge in [0.1, 0.15) is 12.4 Å². The van der Waals surface area contributed by atoms with Crippen LogP contribution in [0, 0.1) is 6.92 Å². The van der Waals surface area contributed by atoms with Crippen LogP contribution in [0.5, 0.6) is 11.5 Å². The van der Waals surface area contributed by atoms with E-state index < -0.39 is 0 Å². The van der Waals surface area contributed by atoms with Crippen LogP contribution in [0.1, 0.15) is 16.7 Å². The standard InChI is InChI=1S/C21H19Cl2NO2/c1-14-18(22)11-19(21(25)20(14)23)24-12-16-8-5-9-17(10-16)26-13-15-6-3-2-4-7-15/h2-11,24-25H,12-13H2,1H3. The number of phenolic OH excluding ortho intramolecular Hbond substituents is 1. The van der Waals surface area contributed by atoms with Crippen molar-refractivity contribution in [1.29, 1.82) is 0 Å². The summed E-state index contributed by atoms with van der Waals surface area (Å²) in [6.45, 7) is 2.79. The van der Waals surface area contributed by atoms with E-state index in [-0.39, 0.29) is 10.8 Å². The van der Waals surface area contributed by atoms with Crippen molar-refractivity contribution >= 4 is 28.9 Å². The maximum atomic E-state index is 10.2. The highest BCUT2D eigenvalue weighted by Gasteiger charge is 2.12. The molecule has 3 nitrogen and oxygen atoms in total. The molecule has 0 radical (unpaired) electrons. The number of halogens is 2. The molecule has 26 heavy (non-hydrogen) atoms. The lowest BCUT2D eigenvalue weighted by Crippen LogP contribution is -2.01. The highest BCUT2D eigenvalue weighted by Crippen LogP contribution is 2.38. The van der Waals surface area contributed by atoms with Crippen LogP contribution in [-0.2, 0) is 13.2 Å². The molecule has 0 atom stereocenters. The topological polar surface area (TPSA) is 41.5 Å². The van der Waals surface area contributed by atoms with Crippen molar-refractivity contribution in [2.75, 3.05) is 5.32 Å². The summed E-state index contributed by atoms with van der Waals surface area (Å²) in [5, 5.41) is 14.1. The molecule has 0 amide bonds. The molecule has 134 valence electrons. The summed E-state index contributed by atoms with van der Waals surface area (Å²) >= 11 is 12.2. The first-order valence-corrected chi connectivity index (χ1v) is 8.97. The first-order chi connectivity index (χ1) is 12.5. The SMILES string of the molecule is Cc1c(Cl)cc(NCc2cccc(OCc3ccccc3)c2)c(O)c1Cl. The Morgan fingerprint density at radius 1 is 0.962 bits per heavy atom. The van der Waals surface area contributed by atoms with Crippen LogP contribution >= 0.6 is 23.2 Å². The van der Waals surface area contributed by atoms with Crippen molar-refractivity contribution in [1.82, 2.24) is 0 Å². The lowest BCUT2D eigenvalue weighted by atomic mass is 10.1. The van der Waals surface area contributed by atoms with Crippen LogP contribution in [-0.4, -0.2) is 5.11 Å². The third kappa shape index (κ3) is 4.43. The third-order valence-electron chi connectivity index (χ3n) is 4.05. The lowest BCUT2D eigenvalue weighted by Gasteiger charge is -2.13. The van der Waals surface area contributed by atoms with Crippen molar-refractivity contribution < 1.29 is 9.84 Å². The molecule has 0 aliphatic heterocycles. The summed E-state index contributed by atoms with van der Waals surface area (Å²) in [5.41, 5.74) is 3.29. The quantitative estimate of drug-likeness (QED) is 0.494. The van der Waals surface area contributed by atoms with Gasteiger partial charge in [0, 0.05) is 11.6 Å². The number of nitrogens with one attached hydrogen (secondary N) is 1. The highest BCUT2D eigenvalue weighted by atomic mass is 35.5. The summed E-state index contributed by atoms with van der Waals surface area (Å²) in [6, 6.07) is 19.5. The van der Waals surface area contributed by atoms with Gasteiger partial charge in [-0.2, -0.15) is 0 Å². The first-order valence-electron chi connectivity index (χ1n) is 8.21. The zero-order valence-corrected chi connectivity index (χ0v) is 15.8. The van der Waals surface area contributed by atoms with Crippen molar-refractivity contribution in [3.05, 3.63) is 87.4 Å². The van der Waals surface area contributed by atoms with Crippen LogP contribution < -0.4 is 10.1 Å². The third-order valence-corrected chi connectivity index (χ3v) is 4.91.